The Balaban J connectivity index is 1.85. The summed E-state index contributed by atoms with van der Waals surface area (Å²) in [7, 11) is 1.78. The summed E-state index contributed by atoms with van der Waals surface area (Å²) in [6.45, 7) is 0.325. The number of carbonyl (C=O) groups is 2. The molecule has 2 heterocycles. The van der Waals surface area contributed by atoms with E-state index in [9.17, 15) is 9.59 Å². The predicted molar refractivity (Wildman–Crippen MR) is 71.0 cm³/mol. The van der Waals surface area contributed by atoms with Crippen LogP contribution in [0.3, 0.4) is 0 Å². The van der Waals surface area contributed by atoms with Gasteiger partial charge in [-0.05, 0) is 34.8 Å². The van der Waals surface area contributed by atoms with E-state index in [2.05, 4.69) is 21.2 Å². The molecular formula is C12H15BrN2O4. The zero-order valence-corrected chi connectivity index (χ0v) is 12.0. The van der Waals surface area contributed by atoms with Gasteiger partial charge in [0.1, 0.15) is 5.69 Å². The fourth-order valence-corrected chi connectivity index (χ4v) is 2.61. The fraction of sp³-hybridized carbons (Fsp3) is 0.500. The molecule has 7 heteroatoms. The second-order valence-electron chi connectivity index (χ2n) is 4.53. The van der Waals surface area contributed by atoms with Gasteiger partial charge in [-0.15, -0.1) is 0 Å². The van der Waals surface area contributed by atoms with Crippen molar-refractivity contribution in [3.63, 3.8) is 0 Å². The summed E-state index contributed by atoms with van der Waals surface area (Å²) in [5, 5.41) is 11.6. The van der Waals surface area contributed by atoms with Crippen molar-refractivity contribution in [2.45, 2.75) is 25.0 Å². The molecule has 1 fully saturated rings. The largest absolute Gasteiger partial charge is 0.479 e. The maximum Gasteiger partial charge on any atom is 0.332 e. The molecule has 1 aromatic rings. The Morgan fingerprint density at radius 2 is 2.32 bits per heavy atom. The van der Waals surface area contributed by atoms with Crippen LogP contribution in [0.5, 0.6) is 0 Å². The van der Waals surface area contributed by atoms with E-state index in [0.717, 1.165) is 4.47 Å². The smallest absolute Gasteiger partial charge is 0.332 e. The number of nitrogens with one attached hydrogen (secondary N) is 1. The molecule has 0 spiro atoms. The molecule has 6 nitrogen and oxygen atoms in total. The molecule has 0 aromatic carbocycles. The van der Waals surface area contributed by atoms with Crippen molar-refractivity contribution in [1.29, 1.82) is 0 Å². The number of ether oxygens (including phenoxy) is 1. The van der Waals surface area contributed by atoms with Crippen LogP contribution >= 0.6 is 15.9 Å². The molecule has 1 amide bonds. The second-order valence-corrected chi connectivity index (χ2v) is 5.44. The molecule has 2 rings (SSSR count). The molecular weight excluding hydrogens is 316 g/mol. The van der Waals surface area contributed by atoms with E-state index in [1.165, 1.54) is 0 Å². The fourth-order valence-electron chi connectivity index (χ4n) is 2.08. The molecule has 1 aromatic heterocycles. The van der Waals surface area contributed by atoms with Gasteiger partial charge >= 0.3 is 5.97 Å². The average Bonchev–Trinajstić information content (AvgIpc) is 2.93. The molecule has 1 aliphatic heterocycles. The quantitative estimate of drug-likeness (QED) is 0.867. The number of aryl methyl sites for hydroxylation is 1. The molecule has 0 radical (unpaired) electrons. The molecule has 2 atom stereocenters. The van der Waals surface area contributed by atoms with Crippen molar-refractivity contribution in [3.05, 3.63) is 22.4 Å². The van der Waals surface area contributed by atoms with E-state index in [4.69, 9.17) is 9.84 Å². The monoisotopic (exact) mass is 330 g/mol. The van der Waals surface area contributed by atoms with Crippen LogP contribution in [0.1, 0.15) is 23.3 Å². The molecule has 0 saturated carbocycles. The maximum absolute atomic E-state index is 11.9. The Morgan fingerprint density at radius 1 is 1.58 bits per heavy atom. The molecule has 104 valence electrons. The summed E-state index contributed by atoms with van der Waals surface area (Å²) in [5.74, 6) is -1.14. The average molecular weight is 331 g/mol. The first-order valence-corrected chi connectivity index (χ1v) is 6.75. The normalized spacial score (nSPS) is 22.4. The highest BCUT2D eigenvalue weighted by molar-refractivity contribution is 9.10. The van der Waals surface area contributed by atoms with Crippen LogP contribution in [-0.2, 0) is 16.6 Å². The molecule has 1 saturated heterocycles. The van der Waals surface area contributed by atoms with Gasteiger partial charge in [0, 0.05) is 24.3 Å². The number of hydrogen-bond acceptors (Lipinski definition) is 3. The first-order valence-electron chi connectivity index (χ1n) is 5.95. The van der Waals surface area contributed by atoms with E-state index in [0.29, 0.717) is 25.1 Å². The third-order valence-electron chi connectivity index (χ3n) is 3.08. The number of hydrogen-bond donors (Lipinski definition) is 2. The molecule has 19 heavy (non-hydrogen) atoms. The van der Waals surface area contributed by atoms with Crippen LogP contribution in [-0.4, -0.2) is 40.3 Å². The van der Waals surface area contributed by atoms with Crippen molar-refractivity contribution in [2.24, 2.45) is 7.05 Å². The number of nitrogens with zero attached hydrogens (tertiary/aromatic N) is 1. The summed E-state index contributed by atoms with van der Waals surface area (Å²) >= 11 is 3.30. The Bertz CT molecular complexity index is 500. The predicted octanol–water partition coefficient (Wildman–Crippen LogP) is 1.15. The van der Waals surface area contributed by atoms with Gasteiger partial charge in [-0.2, -0.15) is 0 Å². The van der Waals surface area contributed by atoms with Crippen molar-refractivity contribution in [2.75, 3.05) is 6.54 Å². The Hall–Kier alpha value is -1.34. The van der Waals surface area contributed by atoms with Crippen LogP contribution < -0.4 is 5.32 Å². The molecule has 1 aliphatic rings. The lowest BCUT2D eigenvalue weighted by Crippen LogP contribution is -2.33. The van der Waals surface area contributed by atoms with E-state index in [1.54, 1.807) is 23.9 Å². The van der Waals surface area contributed by atoms with Gasteiger partial charge in [0.15, 0.2) is 6.10 Å². The topological polar surface area (TPSA) is 80.6 Å². The highest BCUT2D eigenvalue weighted by Gasteiger charge is 2.30. The molecule has 2 unspecified atom stereocenters. The summed E-state index contributed by atoms with van der Waals surface area (Å²) in [5.41, 5.74) is 0.541. The number of rotatable bonds is 4. The lowest BCUT2D eigenvalue weighted by atomic mass is 10.2. The van der Waals surface area contributed by atoms with Crippen LogP contribution in [0.15, 0.2) is 16.7 Å². The van der Waals surface area contributed by atoms with Gasteiger partial charge in [0.25, 0.3) is 5.91 Å². The number of carboxylic acid groups (broad SMARTS) is 1. The van der Waals surface area contributed by atoms with E-state index in [1.807, 2.05) is 0 Å². The van der Waals surface area contributed by atoms with Crippen LogP contribution in [0, 0.1) is 0 Å². The standard InChI is InChI=1S/C12H15BrN2O4/c1-15-6-7(13)4-9(15)11(16)14-5-8-2-3-10(19-8)12(17)18/h4,6,8,10H,2-3,5H2,1H3,(H,14,16)(H,17,18). The number of carboxylic acids is 1. The Kier molecular flexibility index (Phi) is 4.26. The summed E-state index contributed by atoms with van der Waals surface area (Å²) in [4.78, 5) is 22.7. The minimum Gasteiger partial charge on any atom is -0.479 e. The van der Waals surface area contributed by atoms with E-state index < -0.39 is 12.1 Å². The number of halogens is 1. The van der Waals surface area contributed by atoms with Crippen LogP contribution in [0.25, 0.3) is 0 Å². The van der Waals surface area contributed by atoms with Gasteiger partial charge in [0.2, 0.25) is 0 Å². The number of aromatic nitrogens is 1. The Labute approximate surface area is 118 Å². The van der Waals surface area contributed by atoms with Crippen LogP contribution in [0.2, 0.25) is 0 Å². The zero-order chi connectivity index (χ0) is 14.0. The number of amides is 1. The van der Waals surface area contributed by atoms with Gasteiger partial charge in [0.05, 0.1) is 6.10 Å². The van der Waals surface area contributed by atoms with Gasteiger partial charge < -0.3 is 19.7 Å². The van der Waals surface area contributed by atoms with Crippen molar-refractivity contribution < 1.29 is 19.4 Å². The summed E-state index contributed by atoms with van der Waals surface area (Å²) < 4.78 is 7.87. The minimum absolute atomic E-state index is 0.199. The van der Waals surface area contributed by atoms with Crippen LogP contribution in [0.4, 0.5) is 0 Å². The molecule has 2 N–H and O–H groups in total. The molecule has 0 bridgehead atoms. The SMILES string of the molecule is Cn1cc(Br)cc1C(=O)NCC1CCC(C(=O)O)O1. The third-order valence-corrected chi connectivity index (χ3v) is 3.51. The number of carbonyl (C=O) groups excluding carboxylic acids is 1. The van der Waals surface area contributed by atoms with Crippen molar-refractivity contribution in [3.8, 4) is 0 Å². The lowest BCUT2D eigenvalue weighted by molar-refractivity contribution is -0.149. The van der Waals surface area contributed by atoms with Gasteiger partial charge in [-0.1, -0.05) is 0 Å². The summed E-state index contributed by atoms with van der Waals surface area (Å²) in [6.07, 6.45) is 1.96. The zero-order valence-electron chi connectivity index (χ0n) is 10.4. The highest BCUT2D eigenvalue weighted by Crippen LogP contribution is 2.19. The van der Waals surface area contributed by atoms with Gasteiger partial charge in [-0.25, -0.2) is 4.79 Å². The lowest BCUT2D eigenvalue weighted by Gasteiger charge is -2.12. The number of aliphatic carboxylic acids is 1. The first kappa shape index (κ1) is 14.1. The molecule has 0 aliphatic carbocycles. The van der Waals surface area contributed by atoms with Crippen molar-refractivity contribution in [1.82, 2.24) is 9.88 Å². The van der Waals surface area contributed by atoms with E-state index >= 15 is 0 Å². The first-order chi connectivity index (χ1) is 8.97. The summed E-state index contributed by atoms with van der Waals surface area (Å²) in [6, 6.07) is 1.73. The Morgan fingerprint density at radius 3 is 2.84 bits per heavy atom. The van der Waals surface area contributed by atoms with Gasteiger partial charge in [-0.3, -0.25) is 4.79 Å². The van der Waals surface area contributed by atoms with E-state index in [-0.39, 0.29) is 12.0 Å². The highest BCUT2D eigenvalue weighted by atomic mass is 79.9. The minimum atomic E-state index is -0.944. The second kappa shape index (κ2) is 5.75. The third kappa shape index (κ3) is 3.36. The van der Waals surface area contributed by atoms with Crippen molar-refractivity contribution >= 4 is 27.8 Å². The maximum atomic E-state index is 11.9.